The maximum absolute atomic E-state index is 13.5. The molecule has 4 rings (SSSR count). The molecule has 0 unspecified atom stereocenters. The van der Waals surface area contributed by atoms with Crippen molar-refractivity contribution >= 4 is 46.7 Å². The lowest BCUT2D eigenvalue weighted by molar-refractivity contribution is 0.588. The molecule has 29 heavy (non-hydrogen) atoms. The maximum Gasteiger partial charge on any atom is 0.268 e. The predicted octanol–water partition coefficient (Wildman–Crippen LogP) is 4.61. The molecule has 0 saturated carbocycles. The average Bonchev–Trinajstić information content (AvgIpc) is 3.16. The van der Waals surface area contributed by atoms with Crippen LogP contribution in [0.25, 0.3) is 10.9 Å². The molecule has 0 radical (unpaired) electrons. The number of alkyl halides is 1. The first-order chi connectivity index (χ1) is 13.9. The zero-order valence-corrected chi connectivity index (χ0v) is 18.3. The van der Waals surface area contributed by atoms with Gasteiger partial charge in [0.25, 0.3) is 10.0 Å². The van der Waals surface area contributed by atoms with Crippen LogP contribution >= 0.6 is 15.9 Å². The minimum atomic E-state index is -3.96. The zero-order chi connectivity index (χ0) is 20.6. The number of aromatic nitrogens is 1. The normalized spacial score (nSPS) is 12.3. The van der Waals surface area contributed by atoms with Gasteiger partial charge < -0.3 is 0 Å². The van der Waals surface area contributed by atoms with E-state index in [2.05, 4.69) is 15.9 Å². The molecule has 0 aliphatic heterocycles. The number of sulfone groups is 1. The fourth-order valence-corrected chi connectivity index (χ4v) is 7.05. The number of hydrogen-bond acceptors (Lipinski definition) is 4. The predicted molar refractivity (Wildman–Crippen MR) is 115 cm³/mol. The SMILES string of the molecule is O=S(=O)(c1ccccc1CBr)c1cn(S(=O)(=O)c2ccccc2)c2ccccc12. The van der Waals surface area contributed by atoms with Crippen molar-refractivity contribution in [2.24, 2.45) is 0 Å². The third kappa shape index (κ3) is 3.31. The molecule has 3 aromatic carbocycles. The Bertz CT molecular complexity index is 1410. The Morgan fingerprint density at radius 2 is 1.34 bits per heavy atom. The van der Waals surface area contributed by atoms with Gasteiger partial charge in [0.15, 0.2) is 0 Å². The van der Waals surface area contributed by atoms with Crippen molar-refractivity contribution in [3.05, 3.63) is 90.6 Å². The van der Waals surface area contributed by atoms with Gasteiger partial charge in [0, 0.05) is 16.9 Å². The van der Waals surface area contributed by atoms with Crippen LogP contribution in [0.3, 0.4) is 0 Å². The largest absolute Gasteiger partial charge is 0.268 e. The van der Waals surface area contributed by atoms with Gasteiger partial charge in [-0.15, -0.1) is 0 Å². The quantitative estimate of drug-likeness (QED) is 0.383. The maximum atomic E-state index is 13.5. The van der Waals surface area contributed by atoms with Crippen molar-refractivity contribution in [1.29, 1.82) is 0 Å². The molecule has 1 aromatic heterocycles. The minimum Gasteiger partial charge on any atom is -0.240 e. The number of nitrogens with zero attached hydrogens (tertiary/aromatic N) is 1. The molecule has 0 fully saturated rings. The molecule has 5 nitrogen and oxygen atoms in total. The zero-order valence-electron chi connectivity index (χ0n) is 15.1. The van der Waals surface area contributed by atoms with E-state index >= 15 is 0 Å². The summed E-state index contributed by atoms with van der Waals surface area (Å²) >= 11 is 3.33. The first-order valence-electron chi connectivity index (χ1n) is 8.67. The molecule has 0 aliphatic rings. The molecular formula is C21H16BrNO4S2. The third-order valence-corrected chi connectivity index (χ3v) is 8.81. The highest BCUT2D eigenvalue weighted by atomic mass is 79.9. The molecule has 4 aromatic rings. The van der Waals surface area contributed by atoms with E-state index in [1.54, 1.807) is 60.7 Å². The number of hydrogen-bond donors (Lipinski definition) is 0. The Balaban J connectivity index is 2.02. The van der Waals surface area contributed by atoms with Crippen LogP contribution in [0.4, 0.5) is 0 Å². The second-order valence-electron chi connectivity index (χ2n) is 6.37. The number of para-hydroxylation sites is 1. The van der Waals surface area contributed by atoms with Crippen molar-refractivity contribution < 1.29 is 16.8 Å². The standard InChI is InChI=1S/C21H16BrNO4S2/c22-14-16-8-4-7-13-20(16)28(24,25)21-15-23(19-12-6-5-11-18(19)21)29(26,27)17-9-2-1-3-10-17/h1-13,15H,14H2. The van der Waals surface area contributed by atoms with E-state index in [1.165, 1.54) is 24.4 Å². The van der Waals surface area contributed by atoms with Gasteiger partial charge in [-0.3, -0.25) is 0 Å². The van der Waals surface area contributed by atoms with Gasteiger partial charge in [0.05, 0.1) is 20.2 Å². The molecule has 8 heteroatoms. The van der Waals surface area contributed by atoms with Crippen molar-refractivity contribution in [2.45, 2.75) is 20.0 Å². The van der Waals surface area contributed by atoms with Gasteiger partial charge in [0.1, 0.15) is 0 Å². The highest BCUT2D eigenvalue weighted by Gasteiger charge is 2.28. The van der Waals surface area contributed by atoms with Gasteiger partial charge in [-0.05, 0) is 29.8 Å². The summed E-state index contributed by atoms with van der Waals surface area (Å²) < 4.78 is 54.4. The van der Waals surface area contributed by atoms with Gasteiger partial charge in [0.2, 0.25) is 9.84 Å². The molecule has 0 bridgehead atoms. The van der Waals surface area contributed by atoms with Crippen LogP contribution in [0.15, 0.2) is 99.7 Å². The van der Waals surface area contributed by atoms with E-state index in [0.29, 0.717) is 21.8 Å². The first kappa shape index (κ1) is 19.9. The molecular weight excluding hydrogens is 474 g/mol. The first-order valence-corrected chi connectivity index (χ1v) is 12.7. The molecule has 0 N–H and O–H groups in total. The van der Waals surface area contributed by atoms with Crippen LogP contribution in [-0.4, -0.2) is 20.8 Å². The van der Waals surface area contributed by atoms with Crippen molar-refractivity contribution in [3.8, 4) is 0 Å². The van der Waals surface area contributed by atoms with E-state index in [4.69, 9.17) is 0 Å². The minimum absolute atomic E-state index is 0.0407. The van der Waals surface area contributed by atoms with Crippen molar-refractivity contribution in [3.63, 3.8) is 0 Å². The summed E-state index contributed by atoms with van der Waals surface area (Å²) in [5.74, 6) is 0. The lowest BCUT2D eigenvalue weighted by Crippen LogP contribution is -2.12. The molecule has 0 atom stereocenters. The fraction of sp³-hybridized carbons (Fsp3) is 0.0476. The Kier molecular flexibility index (Phi) is 5.10. The number of halogens is 1. The number of benzene rings is 3. The smallest absolute Gasteiger partial charge is 0.240 e. The summed E-state index contributed by atoms with van der Waals surface area (Å²) in [5, 5.41) is 0.722. The van der Waals surface area contributed by atoms with Crippen LogP contribution in [0.2, 0.25) is 0 Å². The molecule has 148 valence electrons. The van der Waals surface area contributed by atoms with Crippen LogP contribution < -0.4 is 0 Å². The topological polar surface area (TPSA) is 73.2 Å². The molecule has 1 heterocycles. The van der Waals surface area contributed by atoms with Crippen LogP contribution in [0.1, 0.15) is 5.56 Å². The molecule has 0 spiro atoms. The summed E-state index contributed by atoms with van der Waals surface area (Å²) in [6.45, 7) is 0. The van der Waals surface area contributed by atoms with Gasteiger partial charge >= 0.3 is 0 Å². The van der Waals surface area contributed by atoms with Gasteiger partial charge in [-0.25, -0.2) is 20.8 Å². The van der Waals surface area contributed by atoms with Gasteiger partial charge in [-0.2, -0.15) is 0 Å². The van der Waals surface area contributed by atoms with Crippen molar-refractivity contribution in [1.82, 2.24) is 3.97 Å². The summed E-state index contributed by atoms with van der Waals surface area (Å²) in [6.07, 6.45) is 1.20. The summed E-state index contributed by atoms with van der Waals surface area (Å²) in [4.78, 5) is 0.198. The summed E-state index contributed by atoms with van der Waals surface area (Å²) in [7, 11) is -7.91. The van der Waals surface area contributed by atoms with E-state index in [0.717, 1.165) is 3.97 Å². The van der Waals surface area contributed by atoms with E-state index in [9.17, 15) is 16.8 Å². The summed E-state index contributed by atoms with van der Waals surface area (Å²) in [6, 6.07) is 21.2. The van der Waals surface area contributed by atoms with E-state index < -0.39 is 19.9 Å². The van der Waals surface area contributed by atoms with Crippen LogP contribution in [0.5, 0.6) is 0 Å². The Hall–Kier alpha value is -2.42. The molecule has 0 saturated heterocycles. The highest BCUT2D eigenvalue weighted by Crippen LogP contribution is 2.34. The van der Waals surface area contributed by atoms with E-state index in [1.807, 2.05) is 0 Å². The second-order valence-corrected chi connectivity index (χ2v) is 10.6. The fourth-order valence-electron chi connectivity index (χ4n) is 3.23. The monoisotopic (exact) mass is 489 g/mol. The third-order valence-electron chi connectivity index (χ3n) is 4.64. The lowest BCUT2D eigenvalue weighted by Gasteiger charge is -2.08. The van der Waals surface area contributed by atoms with Crippen molar-refractivity contribution in [2.75, 3.05) is 0 Å². The number of fused-ring (bicyclic) bond motifs is 1. The van der Waals surface area contributed by atoms with Gasteiger partial charge in [-0.1, -0.05) is 70.5 Å². The molecule has 0 aliphatic carbocycles. The lowest BCUT2D eigenvalue weighted by atomic mass is 10.2. The second kappa shape index (κ2) is 7.44. The van der Waals surface area contributed by atoms with Crippen LogP contribution in [-0.2, 0) is 25.2 Å². The highest BCUT2D eigenvalue weighted by molar-refractivity contribution is 9.08. The molecule has 0 amide bonds. The average molecular weight is 490 g/mol. The summed E-state index contributed by atoms with van der Waals surface area (Å²) in [5.41, 5.74) is 0.918. The Morgan fingerprint density at radius 1 is 0.724 bits per heavy atom. The Labute approximate surface area is 177 Å². The Morgan fingerprint density at radius 3 is 2.07 bits per heavy atom. The van der Waals surface area contributed by atoms with Crippen LogP contribution in [0, 0.1) is 0 Å². The number of rotatable bonds is 5. The van der Waals surface area contributed by atoms with E-state index in [-0.39, 0.29) is 14.7 Å².